The number of amides is 2. The van der Waals surface area contributed by atoms with Crippen molar-refractivity contribution in [2.75, 3.05) is 0 Å². The number of piperidine rings is 1. The zero-order valence-corrected chi connectivity index (χ0v) is 15.0. The summed E-state index contributed by atoms with van der Waals surface area (Å²) in [6.45, 7) is 1.92. The minimum absolute atomic E-state index is 0.153. The van der Waals surface area contributed by atoms with Crippen molar-refractivity contribution in [1.29, 1.82) is 0 Å². The Kier molecular flexibility index (Phi) is 4.26. The maximum Gasteiger partial charge on any atom is 0.273 e. The number of oxazole rings is 1. The highest BCUT2D eigenvalue weighted by atomic mass is 16.3. The number of carbonyl (C=O) groups is 2. The van der Waals surface area contributed by atoms with E-state index in [4.69, 9.17) is 4.42 Å². The summed E-state index contributed by atoms with van der Waals surface area (Å²) in [7, 11) is 1.87. The van der Waals surface area contributed by atoms with Crippen LogP contribution in [0.1, 0.15) is 60.6 Å². The van der Waals surface area contributed by atoms with Gasteiger partial charge in [0.1, 0.15) is 5.76 Å². The maximum atomic E-state index is 12.8. The molecule has 0 unspecified atom stereocenters. The molecular weight excluding hydrogens is 334 g/mol. The molecule has 2 atom stereocenters. The van der Waals surface area contributed by atoms with Crippen LogP contribution in [0.25, 0.3) is 0 Å². The van der Waals surface area contributed by atoms with Crippen LogP contribution in [0.4, 0.5) is 0 Å². The van der Waals surface area contributed by atoms with E-state index in [0.717, 1.165) is 18.5 Å². The Morgan fingerprint density at radius 1 is 1.38 bits per heavy atom. The van der Waals surface area contributed by atoms with Crippen molar-refractivity contribution in [1.82, 2.24) is 25.0 Å². The summed E-state index contributed by atoms with van der Waals surface area (Å²) in [5, 5.41) is 7.36. The first kappa shape index (κ1) is 16.8. The Hall–Kier alpha value is -2.64. The van der Waals surface area contributed by atoms with Gasteiger partial charge in [0, 0.05) is 32.1 Å². The van der Waals surface area contributed by atoms with Gasteiger partial charge in [0.15, 0.2) is 12.1 Å². The monoisotopic (exact) mass is 357 g/mol. The van der Waals surface area contributed by atoms with Crippen LogP contribution in [-0.2, 0) is 18.3 Å². The van der Waals surface area contributed by atoms with Gasteiger partial charge < -0.3 is 14.6 Å². The molecule has 2 amide bonds. The zero-order chi connectivity index (χ0) is 18.3. The Bertz CT molecular complexity index is 822. The predicted molar refractivity (Wildman–Crippen MR) is 92.2 cm³/mol. The summed E-state index contributed by atoms with van der Waals surface area (Å²) in [5.41, 5.74) is 1.26. The second-order valence-electron chi connectivity index (χ2n) is 6.95. The number of aryl methyl sites for hydroxylation is 2. The molecule has 0 spiro atoms. The van der Waals surface area contributed by atoms with Crippen molar-refractivity contribution in [2.45, 2.75) is 57.2 Å². The van der Waals surface area contributed by atoms with Crippen molar-refractivity contribution in [3.05, 3.63) is 35.8 Å². The van der Waals surface area contributed by atoms with Gasteiger partial charge in [-0.05, 0) is 25.3 Å². The number of hydrogen-bond acceptors (Lipinski definition) is 5. The van der Waals surface area contributed by atoms with Gasteiger partial charge in [-0.25, -0.2) is 4.98 Å². The van der Waals surface area contributed by atoms with Crippen LogP contribution in [0.2, 0.25) is 0 Å². The topological polar surface area (TPSA) is 93.3 Å². The average molecular weight is 357 g/mol. The number of nitrogens with one attached hydrogen (secondary N) is 1. The Morgan fingerprint density at radius 3 is 2.85 bits per heavy atom. The Labute approximate surface area is 151 Å². The lowest BCUT2D eigenvalue weighted by atomic mass is 9.92. The van der Waals surface area contributed by atoms with Crippen LogP contribution >= 0.6 is 0 Å². The van der Waals surface area contributed by atoms with Gasteiger partial charge in [0.2, 0.25) is 5.91 Å². The molecule has 2 fully saturated rings. The quantitative estimate of drug-likeness (QED) is 0.877. The summed E-state index contributed by atoms with van der Waals surface area (Å²) in [6, 6.07) is 1.79. The number of likely N-dealkylation sites (tertiary alicyclic amines) is 1. The van der Waals surface area contributed by atoms with Gasteiger partial charge in [0.05, 0.1) is 17.8 Å². The van der Waals surface area contributed by atoms with Gasteiger partial charge >= 0.3 is 0 Å². The molecule has 2 aromatic rings. The van der Waals surface area contributed by atoms with Crippen molar-refractivity contribution in [2.24, 2.45) is 7.05 Å². The highest BCUT2D eigenvalue weighted by Gasteiger charge is 2.45. The van der Waals surface area contributed by atoms with Crippen molar-refractivity contribution >= 4 is 11.8 Å². The summed E-state index contributed by atoms with van der Waals surface area (Å²) in [4.78, 5) is 31.4. The minimum Gasteiger partial charge on any atom is -0.448 e. The molecule has 0 radical (unpaired) electrons. The molecule has 8 heteroatoms. The van der Waals surface area contributed by atoms with E-state index in [1.165, 1.54) is 6.39 Å². The third kappa shape index (κ3) is 2.89. The van der Waals surface area contributed by atoms with Crippen molar-refractivity contribution in [3.8, 4) is 0 Å². The third-order valence-electron chi connectivity index (χ3n) is 5.23. The summed E-state index contributed by atoms with van der Waals surface area (Å²) >= 11 is 0. The van der Waals surface area contributed by atoms with E-state index >= 15 is 0 Å². The molecule has 1 saturated carbocycles. The summed E-state index contributed by atoms with van der Waals surface area (Å²) in [6.07, 6.45) is 6.70. The van der Waals surface area contributed by atoms with Crippen LogP contribution in [0.3, 0.4) is 0 Å². The highest BCUT2D eigenvalue weighted by Crippen LogP contribution is 2.40. The number of nitrogens with zero attached hydrogens (tertiary/aromatic N) is 4. The van der Waals surface area contributed by atoms with Crippen LogP contribution in [0.15, 0.2) is 23.1 Å². The predicted octanol–water partition coefficient (Wildman–Crippen LogP) is 1.59. The normalized spacial score (nSPS) is 23.3. The number of hydrogen-bond donors (Lipinski definition) is 1. The zero-order valence-electron chi connectivity index (χ0n) is 15.0. The fraction of sp³-hybridized carbons (Fsp3) is 0.556. The first-order valence-electron chi connectivity index (χ1n) is 9.12. The molecule has 26 heavy (non-hydrogen) atoms. The van der Waals surface area contributed by atoms with Crippen LogP contribution in [0, 0.1) is 0 Å². The first-order valence-corrected chi connectivity index (χ1v) is 9.12. The number of carbonyl (C=O) groups excluding carboxylic acids is 2. The molecule has 1 N–H and O–H groups in total. The maximum absolute atomic E-state index is 12.8. The molecule has 8 nitrogen and oxygen atoms in total. The lowest BCUT2D eigenvalue weighted by molar-refractivity contribution is -0.138. The average Bonchev–Trinajstić information content (AvgIpc) is 3.18. The summed E-state index contributed by atoms with van der Waals surface area (Å²) < 4.78 is 7.06. The van der Waals surface area contributed by atoms with E-state index in [0.29, 0.717) is 30.7 Å². The fourth-order valence-corrected chi connectivity index (χ4v) is 3.82. The van der Waals surface area contributed by atoms with E-state index in [1.807, 2.05) is 24.9 Å². The van der Waals surface area contributed by atoms with Gasteiger partial charge in [-0.3, -0.25) is 14.3 Å². The molecule has 2 aliphatic rings. The highest BCUT2D eigenvalue weighted by molar-refractivity contribution is 5.93. The second kappa shape index (κ2) is 6.59. The SMILES string of the molecule is CCc1ocnc1C(=O)N[C@@H]1CCC(=O)N(C2CC2)[C@H]1c1ccnn1C. The van der Waals surface area contributed by atoms with Crippen LogP contribution in [-0.4, -0.2) is 43.6 Å². The second-order valence-corrected chi connectivity index (χ2v) is 6.95. The molecule has 0 bridgehead atoms. The number of rotatable bonds is 5. The van der Waals surface area contributed by atoms with Crippen LogP contribution in [0.5, 0.6) is 0 Å². The van der Waals surface area contributed by atoms with E-state index in [1.54, 1.807) is 10.9 Å². The van der Waals surface area contributed by atoms with Gasteiger partial charge in [0.25, 0.3) is 5.91 Å². The van der Waals surface area contributed by atoms with Crippen molar-refractivity contribution in [3.63, 3.8) is 0 Å². The Balaban J connectivity index is 1.63. The molecular formula is C18H23N5O3. The van der Waals surface area contributed by atoms with Crippen LogP contribution < -0.4 is 5.32 Å². The smallest absolute Gasteiger partial charge is 0.273 e. The van der Waals surface area contributed by atoms with E-state index in [2.05, 4.69) is 15.4 Å². The number of aromatic nitrogens is 3. The standard InChI is InChI=1S/C18H23N5O3/c1-3-14-16(19-10-26-14)18(25)21-12-6-7-15(24)23(11-4-5-11)17(12)13-8-9-20-22(13)2/h8-12,17H,3-7H2,1-2H3,(H,21,25)/t12-,17-/m1/s1. The largest absolute Gasteiger partial charge is 0.448 e. The van der Waals surface area contributed by atoms with Crippen molar-refractivity contribution < 1.29 is 14.0 Å². The molecule has 138 valence electrons. The lowest BCUT2D eigenvalue weighted by Crippen LogP contribution is -2.53. The van der Waals surface area contributed by atoms with E-state index in [-0.39, 0.29) is 29.9 Å². The summed E-state index contributed by atoms with van der Waals surface area (Å²) in [5.74, 6) is 0.475. The molecule has 1 saturated heterocycles. The minimum atomic E-state index is -0.252. The first-order chi connectivity index (χ1) is 12.6. The Morgan fingerprint density at radius 2 is 2.19 bits per heavy atom. The molecule has 3 heterocycles. The van der Waals surface area contributed by atoms with Gasteiger partial charge in [-0.15, -0.1) is 0 Å². The van der Waals surface area contributed by atoms with E-state index in [9.17, 15) is 9.59 Å². The lowest BCUT2D eigenvalue weighted by Gasteiger charge is -2.41. The molecule has 1 aliphatic carbocycles. The fourth-order valence-electron chi connectivity index (χ4n) is 3.82. The molecule has 1 aliphatic heterocycles. The molecule has 4 rings (SSSR count). The molecule has 0 aromatic carbocycles. The van der Waals surface area contributed by atoms with E-state index < -0.39 is 0 Å². The van der Waals surface area contributed by atoms with Gasteiger partial charge in [-0.1, -0.05) is 6.92 Å². The third-order valence-corrected chi connectivity index (χ3v) is 5.23. The van der Waals surface area contributed by atoms with Gasteiger partial charge in [-0.2, -0.15) is 5.10 Å². The molecule has 2 aromatic heterocycles.